The van der Waals surface area contributed by atoms with Crippen LogP contribution in [0.1, 0.15) is 65.2 Å². The van der Waals surface area contributed by atoms with E-state index in [0.717, 1.165) is 25.2 Å². The first-order valence-corrected chi connectivity index (χ1v) is 9.57. The van der Waals surface area contributed by atoms with Crippen LogP contribution in [-0.2, 0) is 4.79 Å². The summed E-state index contributed by atoms with van der Waals surface area (Å²) in [6.07, 6.45) is 14.1. The maximum Gasteiger partial charge on any atom is 0.148 e. The molecule has 4 rings (SSSR count). The minimum atomic E-state index is -0.155. The monoisotopic (exact) mass is 314 g/mol. The predicted octanol–water partition coefficient (Wildman–Crippen LogP) is 3.82. The topological polar surface area (TPSA) is 37.3 Å². The normalized spacial score (nSPS) is 55.5. The van der Waals surface area contributed by atoms with Gasteiger partial charge in [-0.05, 0) is 79.4 Å². The third-order valence-corrected chi connectivity index (χ3v) is 8.70. The molecule has 126 valence electrons. The van der Waals surface area contributed by atoms with Crippen molar-refractivity contribution < 1.29 is 9.90 Å². The van der Waals surface area contributed by atoms with Gasteiger partial charge in [0.15, 0.2) is 0 Å². The second-order valence-electron chi connectivity index (χ2n) is 9.39. The van der Waals surface area contributed by atoms with Crippen LogP contribution in [0.15, 0.2) is 0 Å². The molecule has 1 N–H and O–H groups in total. The summed E-state index contributed by atoms with van der Waals surface area (Å²) < 4.78 is 0. The SMILES string of the molecule is C#CC1C[C@@]2(C)C(CC[C@H]3[C@@H]4CC[C@H](O)[C@@]4(C)CC[C@@H]32)CC1=O. The molecule has 0 amide bonds. The summed E-state index contributed by atoms with van der Waals surface area (Å²) in [5, 5.41) is 10.5. The summed E-state index contributed by atoms with van der Waals surface area (Å²) in [6, 6.07) is 0. The van der Waals surface area contributed by atoms with Gasteiger partial charge < -0.3 is 5.11 Å². The van der Waals surface area contributed by atoms with Gasteiger partial charge in [-0.25, -0.2) is 0 Å². The van der Waals surface area contributed by atoms with Crippen molar-refractivity contribution in [2.45, 2.75) is 71.3 Å². The molecule has 4 aliphatic carbocycles. The number of aliphatic hydroxyl groups is 1. The van der Waals surface area contributed by atoms with Crippen molar-refractivity contribution in [3.8, 4) is 12.3 Å². The number of aliphatic hydroxyl groups excluding tert-OH is 1. The molecule has 2 nitrogen and oxygen atoms in total. The van der Waals surface area contributed by atoms with Gasteiger partial charge in [-0.1, -0.05) is 19.8 Å². The van der Waals surface area contributed by atoms with Crippen LogP contribution >= 0.6 is 0 Å². The zero-order chi connectivity index (χ0) is 16.4. The molecular formula is C21H30O2. The summed E-state index contributed by atoms with van der Waals surface area (Å²) >= 11 is 0. The number of hydrogen-bond donors (Lipinski definition) is 1. The molecule has 0 spiro atoms. The summed E-state index contributed by atoms with van der Waals surface area (Å²) in [5.74, 6) is 5.59. The molecular weight excluding hydrogens is 284 g/mol. The summed E-state index contributed by atoms with van der Waals surface area (Å²) in [7, 11) is 0. The Morgan fingerprint density at radius 3 is 2.57 bits per heavy atom. The van der Waals surface area contributed by atoms with E-state index >= 15 is 0 Å². The smallest absolute Gasteiger partial charge is 0.148 e. The van der Waals surface area contributed by atoms with E-state index < -0.39 is 0 Å². The Labute approximate surface area is 140 Å². The molecule has 0 aromatic heterocycles. The van der Waals surface area contributed by atoms with E-state index in [-0.39, 0.29) is 22.9 Å². The average molecular weight is 314 g/mol. The van der Waals surface area contributed by atoms with Gasteiger partial charge >= 0.3 is 0 Å². The van der Waals surface area contributed by atoms with Crippen LogP contribution in [0.4, 0.5) is 0 Å². The van der Waals surface area contributed by atoms with E-state index in [9.17, 15) is 9.90 Å². The van der Waals surface area contributed by atoms with Crippen molar-refractivity contribution in [2.24, 2.45) is 40.4 Å². The van der Waals surface area contributed by atoms with E-state index in [1.807, 2.05) is 0 Å². The Bertz CT molecular complexity index is 561. The fourth-order valence-corrected chi connectivity index (χ4v) is 7.25. The zero-order valence-corrected chi connectivity index (χ0v) is 14.6. The van der Waals surface area contributed by atoms with Gasteiger partial charge in [0, 0.05) is 6.42 Å². The molecule has 4 aliphatic rings. The molecule has 2 unspecified atom stereocenters. The molecule has 0 radical (unpaired) electrons. The van der Waals surface area contributed by atoms with E-state index in [4.69, 9.17) is 6.42 Å². The molecule has 4 saturated carbocycles. The lowest BCUT2D eigenvalue weighted by molar-refractivity contribution is -0.146. The molecule has 0 bridgehead atoms. The van der Waals surface area contributed by atoms with Crippen LogP contribution in [0.25, 0.3) is 0 Å². The van der Waals surface area contributed by atoms with Crippen LogP contribution in [0.2, 0.25) is 0 Å². The van der Waals surface area contributed by atoms with Crippen LogP contribution in [0, 0.1) is 52.8 Å². The first-order chi connectivity index (χ1) is 10.9. The molecule has 0 aliphatic heterocycles. The van der Waals surface area contributed by atoms with Crippen molar-refractivity contribution >= 4 is 5.78 Å². The summed E-state index contributed by atoms with van der Waals surface area (Å²) in [4.78, 5) is 12.3. The zero-order valence-electron chi connectivity index (χ0n) is 14.6. The number of fused-ring (bicyclic) bond motifs is 5. The maximum atomic E-state index is 12.3. The second-order valence-corrected chi connectivity index (χ2v) is 9.39. The number of carbonyl (C=O) groups excluding carboxylic acids is 1. The van der Waals surface area contributed by atoms with Gasteiger partial charge in [0.25, 0.3) is 0 Å². The third kappa shape index (κ3) is 2.02. The van der Waals surface area contributed by atoms with Gasteiger partial charge in [-0.3, -0.25) is 4.79 Å². The minimum Gasteiger partial charge on any atom is -0.393 e. The summed E-state index contributed by atoms with van der Waals surface area (Å²) in [5.41, 5.74) is 0.378. The lowest BCUT2D eigenvalue weighted by Crippen LogP contribution is -2.55. The Morgan fingerprint density at radius 1 is 1.09 bits per heavy atom. The molecule has 2 heteroatoms. The van der Waals surface area contributed by atoms with Gasteiger partial charge in [-0.15, -0.1) is 6.42 Å². The van der Waals surface area contributed by atoms with Crippen molar-refractivity contribution in [1.29, 1.82) is 0 Å². The van der Waals surface area contributed by atoms with Crippen molar-refractivity contribution in [3.63, 3.8) is 0 Å². The number of ketones is 1. The van der Waals surface area contributed by atoms with Crippen molar-refractivity contribution in [1.82, 2.24) is 0 Å². The fraction of sp³-hybridized carbons (Fsp3) is 0.857. The Hall–Kier alpha value is -0.810. The van der Waals surface area contributed by atoms with Crippen LogP contribution < -0.4 is 0 Å². The maximum absolute atomic E-state index is 12.3. The number of carbonyl (C=O) groups is 1. The molecule has 23 heavy (non-hydrogen) atoms. The average Bonchev–Trinajstić information content (AvgIpc) is 2.83. The Morgan fingerprint density at radius 2 is 1.83 bits per heavy atom. The quantitative estimate of drug-likeness (QED) is 0.690. The minimum absolute atomic E-state index is 0.106. The molecule has 0 saturated heterocycles. The van der Waals surface area contributed by atoms with Crippen LogP contribution in [-0.4, -0.2) is 17.0 Å². The lowest BCUT2D eigenvalue weighted by atomic mass is 9.44. The van der Waals surface area contributed by atoms with Gasteiger partial charge in [0.2, 0.25) is 0 Å². The molecule has 0 aromatic carbocycles. The van der Waals surface area contributed by atoms with Crippen molar-refractivity contribution in [3.05, 3.63) is 0 Å². The first-order valence-electron chi connectivity index (χ1n) is 9.57. The molecule has 8 atom stereocenters. The molecule has 4 fully saturated rings. The Kier molecular flexibility index (Phi) is 3.48. The fourth-order valence-electron chi connectivity index (χ4n) is 7.25. The second kappa shape index (κ2) is 5.09. The van der Waals surface area contributed by atoms with Crippen LogP contribution in [0.3, 0.4) is 0 Å². The van der Waals surface area contributed by atoms with Crippen molar-refractivity contribution in [2.75, 3.05) is 0 Å². The van der Waals surface area contributed by atoms with E-state index in [2.05, 4.69) is 19.8 Å². The highest BCUT2D eigenvalue weighted by atomic mass is 16.3. The largest absolute Gasteiger partial charge is 0.393 e. The molecule has 0 aromatic rings. The Balaban J connectivity index is 1.65. The van der Waals surface area contributed by atoms with E-state index in [1.165, 1.54) is 25.7 Å². The van der Waals surface area contributed by atoms with Gasteiger partial charge in [0.1, 0.15) is 5.78 Å². The summed E-state index contributed by atoms with van der Waals surface area (Å²) in [6.45, 7) is 4.76. The third-order valence-electron chi connectivity index (χ3n) is 8.70. The van der Waals surface area contributed by atoms with E-state index in [0.29, 0.717) is 30.0 Å². The number of rotatable bonds is 0. The van der Waals surface area contributed by atoms with Gasteiger partial charge in [-0.2, -0.15) is 0 Å². The predicted molar refractivity (Wildman–Crippen MR) is 90.4 cm³/mol. The number of Topliss-reactive ketones (excluding diaryl/α,β-unsaturated/α-hetero) is 1. The number of terminal acetylenes is 1. The number of hydrogen-bond acceptors (Lipinski definition) is 2. The lowest BCUT2D eigenvalue weighted by Gasteiger charge is -2.60. The van der Waals surface area contributed by atoms with Crippen LogP contribution in [0.5, 0.6) is 0 Å². The van der Waals surface area contributed by atoms with Gasteiger partial charge in [0.05, 0.1) is 12.0 Å². The molecule has 0 heterocycles. The standard InChI is InChI=1S/C21H30O2/c1-4-13-12-21(3)14(11-18(13)22)5-6-15-16-7-8-19(23)20(16,2)10-9-17(15)21/h1,13-17,19,23H,5-12H2,2-3H3/t13?,14?,15-,16-,17-,19-,20-,21-/m0/s1. The first kappa shape index (κ1) is 15.7. The highest BCUT2D eigenvalue weighted by Gasteiger charge is 2.60. The highest BCUT2D eigenvalue weighted by Crippen LogP contribution is 2.66. The highest BCUT2D eigenvalue weighted by molar-refractivity contribution is 5.85. The van der Waals surface area contributed by atoms with E-state index in [1.54, 1.807) is 0 Å².